The summed E-state index contributed by atoms with van der Waals surface area (Å²) < 4.78 is 53.0. The average molecular weight is 257 g/mol. The molecule has 0 saturated carbocycles. The highest BCUT2D eigenvalue weighted by Crippen LogP contribution is 2.32. The van der Waals surface area contributed by atoms with Gasteiger partial charge in [-0.3, -0.25) is 0 Å². The molecule has 2 rings (SSSR count). The minimum atomic E-state index is -4.47. The Labute approximate surface area is 102 Å². The molecule has 18 heavy (non-hydrogen) atoms. The van der Waals surface area contributed by atoms with Crippen LogP contribution in [0.2, 0.25) is 0 Å². The molecule has 1 aromatic carbocycles. The van der Waals surface area contributed by atoms with E-state index < -0.39 is 17.6 Å². The molecule has 0 radical (unpaired) electrons. The van der Waals surface area contributed by atoms with Crippen molar-refractivity contribution in [3.05, 3.63) is 53.1 Å². The monoisotopic (exact) mass is 257 g/mol. The van der Waals surface area contributed by atoms with Crippen LogP contribution in [0.1, 0.15) is 17.0 Å². The molecule has 2 aromatic rings. The van der Waals surface area contributed by atoms with Gasteiger partial charge in [-0.05, 0) is 44.2 Å². The van der Waals surface area contributed by atoms with Crippen LogP contribution in [-0.2, 0) is 6.18 Å². The van der Waals surface area contributed by atoms with Crippen molar-refractivity contribution < 1.29 is 17.6 Å². The first-order chi connectivity index (χ1) is 8.30. The van der Waals surface area contributed by atoms with Crippen molar-refractivity contribution in [1.29, 1.82) is 0 Å². The Bertz CT molecular complexity index is 562. The van der Waals surface area contributed by atoms with E-state index in [0.717, 1.165) is 18.2 Å². The first-order valence-electron chi connectivity index (χ1n) is 5.33. The lowest BCUT2D eigenvalue weighted by Crippen LogP contribution is -2.08. The number of nitrogens with zero attached hydrogens (tertiary/aromatic N) is 1. The van der Waals surface area contributed by atoms with E-state index in [1.54, 1.807) is 26.0 Å². The predicted molar refractivity (Wildman–Crippen MR) is 60.2 cm³/mol. The topological polar surface area (TPSA) is 4.93 Å². The number of halogens is 4. The van der Waals surface area contributed by atoms with Crippen LogP contribution in [0.15, 0.2) is 30.3 Å². The normalized spacial score (nSPS) is 11.9. The van der Waals surface area contributed by atoms with Crippen LogP contribution in [0.4, 0.5) is 17.6 Å². The van der Waals surface area contributed by atoms with Crippen molar-refractivity contribution in [3.63, 3.8) is 0 Å². The molecule has 0 aliphatic carbocycles. The van der Waals surface area contributed by atoms with E-state index in [-0.39, 0.29) is 5.69 Å². The molecule has 0 fully saturated rings. The van der Waals surface area contributed by atoms with Crippen molar-refractivity contribution >= 4 is 0 Å². The fraction of sp³-hybridized carbons (Fsp3) is 0.231. The Balaban J connectivity index is 2.65. The van der Waals surface area contributed by atoms with Crippen molar-refractivity contribution in [2.45, 2.75) is 20.0 Å². The summed E-state index contributed by atoms with van der Waals surface area (Å²) in [5, 5.41) is 0. The quantitative estimate of drug-likeness (QED) is 0.673. The van der Waals surface area contributed by atoms with Crippen molar-refractivity contribution in [3.8, 4) is 5.69 Å². The Hall–Kier alpha value is -1.78. The second kappa shape index (κ2) is 4.15. The summed E-state index contributed by atoms with van der Waals surface area (Å²) in [6, 6.07) is 5.88. The highest BCUT2D eigenvalue weighted by Gasteiger charge is 2.31. The summed E-state index contributed by atoms with van der Waals surface area (Å²) in [5.41, 5.74) is 0.438. The molecule has 0 amide bonds. The van der Waals surface area contributed by atoms with Crippen molar-refractivity contribution in [2.24, 2.45) is 0 Å². The molecule has 0 unspecified atom stereocenters. The molecule has 5 heteroatoms. The van der Waals surface area contributed by atoms with Gasteiger partial charge in [0, 0.05) is 11.4 Å². The molecule has 0 bridgehead atoms. The third-order valence-corrected chi connectivity index (χ3v) is 2.79. The average Bonchev–Trinajstić information content (AvgIpc) is 2.58. The molecule has 0 spiro atoms. The predicted octanol–water partition coefficient (Wildman–Crippen LogP) is 4.25. The summed E-state index contributed by atoms with van der Waals surface area (Å²) >= 11 is 0. The molecule has 1 heterocycles. The first-order valence-corrected chi connectivity index (χ1v) is 5.33. The van der Waals surface area contributed by atoms with Crippen molar-refractivity contribution in [2.75, 3.05) is 0 Å². The molecular formula is C13H11F4N. The van der Waals surface area contributed by atoms with E-state index in [1.807, 2.05) is 0 Å². The first kappa shape index (κ1) is 12.7. The maximum atomic E-state index is 13.7. The molecule has 0 aliphatic rings. The number of benzene rings is 1. The summed E-state index contributed by atoms with van der Waals surface area (Å²) in [4.78, 5) is 0. The van der Waals surface area contributed by atoms with Crippen LogP contribution in [0.3, 0.4) is 0 Å². The van der Waals surface area contributed by atoms with E-state index in [0.29, 0.717) is 11.4 Å². The van der Waals surface area contributed by atoms with Crippen molar-refractivity contribution in [1.82, 2.24) is 4.57 Å². The molecule has 0 atom stereocenters. The van der Waals surface area contributed by atoms with E-state index in [2.05, 4.69) is 0 Å². The van der Waals surface area contributed by atoms with E-state index in [9.17, 15) is 17.6 Å². The van der Waals surface area contributed by atoms with Crippen LogP contribution in [0.25, 0.3) is 5.69 Å². The number of alkyl halides is 3. The van der Waals surface area contributed by atoms with Gasteiger partial charge in [-0.15, -0.1) is 0 Å². The summed E-state index contributed by atoms with van der Waals surface area (Å²) in [6.45, 7) is 3.43. The highest BCUT2D eigenvalue weighted by atomic mass is 19.4. The third kappa shape index (κ3) is 2.12. The third-order valence-electron chi connectivity index (χ3n) is 2.79. The maximum Gasteiger partial charge on any atom is 0.416 e. The van der Waals surface area contributed by atoms with Gasteiger partial charge in [0.25, 0.3) is 0 Å². The fourth-order valence-electron chi connectivity index (χ4n) is 1.91. The van der Waals surface area contributed by atoms with Gasteiger partial charge in [-0.25, -0.2) is 4.39 Å². The van der Waals surface area contributed by atoms with E-state index in [1.165, 1.54) is 4.57 Å². The van der Waals surface area contributed by atoms with E-state index >= 15 is 0 Å². The molecule has 96 valence electrons. The zero-order valence-corrected chi connectivity index (χ0v) is 9.85. The fourth-order valence-corrected chi connectivity index (χ4v) is 1.91. The van der Waals surface area contributed by atoms with Gasteiger partial charge in [-0.2, -0.15) is 13.2 Å². The lowest BCUT2D eigenvalue weighted by atomic mass is 10.2. The Morgan fingerprint density at radius 2 is 1.50 bits per heavy atom. The molecule has 1 nitrogen and oxygen atoms in total. The van der Waals surface area contributed by atoms with Gasteiger partial charge < -0.3 is 4.57 Å². The van der Waals surface area contributed by atoms with Crippen LogP contribution < -0.4 is 0 Å². The number of aryl methyl sites for hydroxylation is 2. The zero-order valence-electron chi connectivity index (χ0n) is 9.85. The highest BCUT2D eigenvalue weighted by molar-refractivity contribution is 5.42. The lowest BCUT2D eigenvalue weighted by molar-refractivity contribution is -0.137. The van der Waals surface area contributed by atoms with Crippen LogP contribution in [0, 0.1) is 19.7 Å². The summed E-state index contributed by atoms with van der Waals surface area (Å²) in [7, 11) is 0. The molecule has 1 aromatic heterocycles. The van der Waals surface area contributed by atoms with Gasteiger partial charge in [0.2, 0.25) is 0 Å². The minimum Gasteiger partial charge on any atom is -0.316 e. The Kier molecular flexibility index (Phi) is 2.92. The second-order valence-electron chi connectivity index (χ2n) is 4.12. The standard InChI is InChI=1S/C13H11F4N/c1-8-3-4-9(2)18(8)12-7-10(13(15,16)17)5-6-11(12)14/h3-7H,1-2H3. The van der Waals surface area contributed by atoms with Gasteiger partial charge >= 0.3 is 6.18 Å². The van der Waals surface area contributed by atoms with Gasteiger partial charge in [0.15, 0.2) is 0 Å². The Morgan fingerprint density at radius 1 is 0.944 bits per heavy atom. The van der Waals surface area contributed by atoms with Crippen LogP contribution >= 0.6 is 0 Å². The number of rotatable bonds is 1. The molecular weight excluding hydrogens is 246 g/mol. The summed E-state index contributed by atoms with van der Waals surface area (Å²) in [5.74, 6) is -0.676. The van der Waals surface area contributed by atoms with E-state index in [4.69, 9.17) is 0 Å². The number of hydrogen-bond donors (Lipinski definition) is 0. The van der Waals surface area contributed by atoms with Gasteiger partial charge in [0.1, 0.15) is 5.82 Å². The van der Waals surface area contributed by atoms with Gasteiger partial charge in [0.05, 0.1) is 11.3 Å². The molecule has 0 aliphatic heterocycles. The van der Waals surface area contributed by atoms with Crippen LogP contribution in [-0.4, -0.2) is 4.57 Å². The Morgan fingerprint density at radius 3 is 2.00 bits per heavy atom. The van der Waals surface area contributed by atoms with Crippen LogP contribution in [0.5, 0.6) is 0 Å². The smallest absolute Gasteiger partial charge is 0.316 e. The second-order valence-corrected chi connectivity index (χ2v) is 4.12. The SMILES string of the molecule is Cc1ccc(C)n1-c1cc(C(F)(F)F)ccc1F. The zero-order chi connectivity index (χ0) is 13.5. The minimum absolute atomic E-state index is 0.0789. The lowest BCUT2D eigenvalue weighted by Gasteiger charge is -2.13. The number of hydrogen-bond acceptors (Lipinski definition) is 0. The molecule has 0 saturated heterocycles. The largest absolute Gasteiger partial charge is 0.416 e. The maximum absolute atomic E-state index is 13.7. The van der Waals surface area contributed by atoms with Gasteiger partial charge in [-0.1, -0.05) is 0 Å². The molecule has 0 N–H and O–H groups in total. The number of aromatic nitrogens is 1. The summed E-state index contributed by atoms with van der Waals surface area (Å²) in [6.07, 6.45) is -4.47.